The summed E-state index contributed by atoms with van der Waals surface area (Å²) in [5.41, 5.74) is 1.06. The maximum atomic E-state index is 11.6. The normalized spacial score (nSPS) is 13.0. The van der Waals surface area contributed by atoms with Gasteiger partial charge in [-0.3, -0.25) is 9.79 Å². The smallest absolute Gasteiger partial charge is 0.208 e. The fourth-order valence-corrected chi connectivity index (χ4v) is 2.09. The Morgan fingerprint density at radius 3 is 2.48 bits per heavy atom. The first kappa shape index (κ1) is 15.4. The number of likely N-dealkylation sites (N-methyl/N-ethyl adjacent to an activating group) is 1. The lowest BCUT2D eigenvalue weighted by Crippen LogP contribution is -2.84. The van der Waals surface area contributed by atoms with Gasteiger partial charge in [0.1, 0.15) is 13.1 Å². The summed E-state index contributed by atoms with van der Waals surface area (Å²) >= 11 is 0. The molecule has 0 spiro atoms. The van der Waals surface area contributed by atoms with Crippen LogP contribution in [0.4, 0.5) is 5.69 Å². The van der Waals surface area contributed by atoms with E-state index in [4.69, 9.17) is 0 Å². The van der Waals surface area contributed by atoms with Crippen molar-refractivity contribution in [1.29, 1.82) is 0 Å². The molecule has 0 aromatic heterocycles. The monoisotopic (exact) mass is 288 g/mol. The Kier molecular flexibility index (Phi) is 4.55. The quantitative estimate of drug-likeness (QED) is 0.693. The Bertz CT molecular complexity index is 678. The molecule has 0 fully saturated rings. The summed E-state index contributed by atoms with van der Waals surface area (Å²) < 4.78 is 0.822. The molecule has 0 heterocycles. The number of quaternary nitrogens is 2. The molecule has 21 heavy (non-hydrogen) atoms. The number of hydrogen-bond donors (Lipinski definition) is 1. The second-order valence-corrected chi connectivity index (χ2v) is 6.23. The van der Waals surface area contributed by atoms with Crippen molar-refractivity contribution in [3.05, 3.63) is 51.5 Å². The zero-order valence-corrected chi connectivity index (χ0v) is 12.8. The molecule has 112 valence electrons. The van der Waals surface area contributed by atoms with E-state index < -0.39 is 11.2 Å². The Hall–Kier alpha value is -1.98. The van der Waals surface area contributed by atoms with E-state index in [0.29, 0.717) is 17.6 Å². The van der Waals surface area contributed by atoms with Crippen LogP contribution in [0.5, 0.6) is 5.75 Å². The fraction of sp³-hybridized carbons (Fsp3) is 0.375. The molecular formula is C16H22N3O2+. The minimum Gasteiger partial charge on any atom is -0.866 e. The average molecular weight is 288 g/mol. The summed E-state index contributed by atoms with van der Waals surface area (Å²) in [6.07, 6.45) is 0. The van der Waals surface area contributed by atoms with E-state index in [-0.39, 0.29) is 0 Å². The lowest BCUT2D eigenvalue weighted by molar-refractivity contribution is -0.880. The minimum absolute atomic E-state index is 0.338. The highest BCUT2D eigenvalue weighted by Crippen LogP contribution is 2.05. The Balaban J connectivity index is 2.07. The van der Waals surface area contributed by atoms with Gasteiger partial charge in [0, 0.05) is 5.75 Å². The molecule has 2 rings (SSSR count). The van der Waals surface area contributed by atoms with Crippen LogP contribution in [0, 0.1) is 0 Å². The van der Waals surface area contributed by atoms with Gasteiger partial charge in [0.15, 0.2) is 11.0 Å². The summed E-state index contributed by atoms with van der Waals surface area (Å²) in [4.78, 5) is 15.9. The van der Waals surface area contributed by atoms with Crippen LogP contribution in [0.3, 0.4) is 0 Å². The molecule has 2 N–H and O–H groups in total. The summed E-state index contributed by atoms with van der Waals surface area (Å²) in [6.45, 7) is 2.11. The van der Waals surface area contributed by atoms with Gasteiger partial charge in [-0.05, 0) is 5.56 Å². The van der Waals surface area contributed by atoms with Gasteiger partial charge in [0.05, 0.1) is 27.7 Å². The number of nitrogens with zero attached hydrogens (tertiary/aromatic N) is 2. The zero-order valence-electron chi connectivity index (χ0n) is 12.8. The van der Waals surface area contributed by atoms with Gasteiger partial charge >= 0.3 is 0 Å². The predicted octanol–water partition coefficient (Wildman–Crippen LogP) is -1.00. The van der Waals surface area contributed by atoms with E-state index in [0.717, 1.165) is 23.1 Å². The van der Waals surface area contributed by atoms with Crippen molar-refractivity contribution in [2.24, 2.45) is 4.99 Å². The van der Waals surface area contributed by atoms with Crippen molar-refractivity contribution in [3.8, 4) is 5.75 Å². The molecule has 0 unspecified atom stereocenters. The van der Waals surface area contributed by atoms with Crippen LogP contribution < -0.4 is 21.2 Å². The maximum absolute atomic E-state index is 11.6. The molecular weight excluding hydrogens is 266 g/mol. The van der Waals surface area contributed by atoms with E-state index in [1.165, 1.54) is 0 Å². The van der Waals surface area contributed by atoms with Crippen molar-refractivity contribution in [3.63, 3.8) is 0 Å². The molecule has 5 nitrogen and oxygen atoms in total. The summed E-state index contributed by atoms with van der Waals surface area (Å²) in [5, 5.41) is 13.8. The van der Waals surface area contributed by atoms with Crippen molar-refractivity contribution in [1.82, 2.24) is 0 Å². The maximum Gasteiger partial charge on any atom is 0.208 e. The third-order valence-corrected chi connectivity index (χ3v) is 3.33. The van der Waals surface area contributed by atoms with E-state index in [2.05, 4.69) is 26.1 Å². The molecule has 0 amide bonds. The largest absolute Gasteiger partial charge is 0.866 e. The first-order valence-electron chi connectivity index (χ1n) is 7.07. The average Bonchev–Trinajstić information content (AvgIpc) is 2.45. The molecule has 0 radical (unpaired) electrons. The Morgan fingerprint density at radius 2 is 1.86 bits per heavy atom. The topological polar surface area (TPSA) is 69.1 Å². The minimum atomic E-state index is -0.456. The first-order chi connectivity index (χ1) is 9.88. The fourth-order valence-electron chi connectivity index (χ4n) is 2.09. The van der Waals surface area contributed by atoms with Crippen LogP contribution in [0.25, 0.3) is 0 Å². The SMILES string of the molecule is C[N+](C)(C)CC[NH2+]c1c([O-])c(=O)c1=NCc1ccccc1. The molecule has 0 aliphatic carbocycles. The van der Waals surface area contributed by atoms with Crippen LogP contribution in [0.1, 0.15) is 5.56 Å². The van der Waals surface area contributed by atoms with Crippen LogP contribution in [0.2, 0.25) is 0 Å². The van der Waals surface area contributed by atoms with Crippen LogP contribution in [-0.2, 0) is 6.54 Å². The molecule has 0 saturated heterocycles. The Morgan fingerprint density at radius 1 is 1.19 bits per heavy atom. The summed E-state index contributed by atoms with van der Waals surface area (Å²) in [5.74, 6) is -0.400. The molecule has 5 heteroatoms. The molecule has 0 aliphatic heterocycles. The highest BCUT2D eigenvalue weighted by atomic mass is 16.3. The lowest BCUT2D eigenvalue weighted by atomic mass is 10.2. The number of hydrogen-bond acceptors (Lipinski definition) is 3. The van der Waals surface area contributed by atoms with Crippen molar-refractivity contribution in [2.75, 3.05) is 34.2 Å². The van der Waals surface area contributed by atoms with E-state index in [9.17, 15) is 9.90 Å². The van der Waals surface area contributed by atoms with Gasteiger partial charge < -0.3 is 14.9 Å². The van der Waals surface area contributed by atoms with Crippen molar-refractivity contribution in [2.45, 2.75) is 6.54 Å². The summed E-state index contributed by atoms with van der Waals surface area (Å²) in [6, 6.07) is 9.71. The predicted molar refractivity (Wildman–Crippen MR) is 79.6 cm³/mol. The lowest BCUT2D eigenvalue weighted by Gasteiger charge is -2.23. The van der Waals surface area contributed by atoms with Crippen LogP contribution >= 0.6 is 0 Å². The summed E-state index contributed by atoms with van der Waals surface area (Å²) in [7, 11) is 6.28. The molecule has 0 bridgehead atoms. The molecule has 0 saturated carbocycles. The molecule has 0 atom stereocenters. The van der Waals surface area contributed by atoms with Crippen LogP contribution in [-0.4, -0.2) is 38.7 Å². The molecule has 0 aliphatic rings. The second-order valence-electron chi connectivity index (χ2n) is 6.23. The standard InChI is InChI=1S/C16H21N3O2/c1-19(2,3)10-9-17-13-14(16(21)15(13)20)18-11-12-7-5-4-6-8-12/h4-8H,9-11H2,1-3H3,(H-,17,18,20,21)/p+1. The second kappa shape index (κ2) is 6.20. The van der Waals surface area contributed by atoms with Gasteiger partial charge in [-0.25, -0.2) is 0 Å². The van der Waals surface area contributed by atoms with E-state index in [1.807, 2.05) is 35.6 Å². The zero-order chi connectivity index (χ0) is 15.5. The highest BCUT2D eigenvalue weighted by Gasteiger charge is 2.16. The van der Waals surface area contributed by atoms with Crippen molar-refractivity contribution >= 4 is 5.69 Å². The first-order valence-corrected chi connectivity index (χ1v) is 7.07. The van der Waals surface area contributed by atoms with Gasteiger partial charge in [-0.1, -0.05) is 30.3 Å². The van der Waals surface area contributed by atoms with Gasteiger partial charge in [0.2, 0.25) is 5.43 Å². The Labute approximate surface area is 124 Å². The van der Waals surface area contributed by atoms with Gasteiger partial charge in [-0.2, -0.15) is 0 Å². The van der Waals surface area contributed by atoms with Gasteiger partial charge in [0.25, 0.3) is 0 Å². The van der Waals surface area contributed by atoms with E-state index in [1.54, 1.807) is 0 Å². The van der Waals surface area contributed by atoms with Crippen molar-refractivity contribution < 1.29 is 14.9 Å². The third kappa shape index (κ3) is 4.00. The van der Waals surface area contributed by atoms with Gasteiger partial charge in [-0.15, -0.1) is 0 Å². The molecule has 2 aromatic carbocycles. The van der Waals surface area contributed by atoms with Crippen LogP contribution in [0.15, 0.2) is 40.1 Å². The van der Waals surface area contributed by atoms with E-state index >= 15 is 0 Å². The number of rotatable bonds is 6. The number of nitrogens with two attached hydrogens (primary N) is 1. The molecule has 2 aromatic rings. The third-order valence-electron chi connectivity index (χ3n) is 3.33. The highest BCUT2D eigenvalue weighted by molar-refractivity contribution is 5.48. The number of benzene rings is 1.